The number of aliphatic hydroxyl groups excluding tert-OH is 1. The van der Waals surface area contributed by atoms with Gasteiger partial charge in [-0.05, 0) is 29.7 Å². The van der Waals surface area contributed by atoms with E-state index in [-0.39, 0.29) is 5.82 Å². The van der Waals surface area contributed by atoms with E-state index in [0.29, 0.717) is 18.9 Å². The number of pyridine rings is 1. The molecule has 0 fully saturated rings. The summed E-state index contributed by atoms with van der Waals surface area (Å²) in [5.41, 5.74) is 2.75. The maximum Gasteiger partial charge on any atom is 0.141 e. The minimum Gasteiger partial charge on any atom is -0.390 e. The Morgan fingerprint density at radius 1 is 1.23 bits per heavy atom. The fourth-order valence-electron chi connectivity index (χ4n) is 2.78. The summed E-state index contributed by atoms with van der Waals surface area (Å²) in [6.45, 7) is 2.85. The highest BCUT2D eigenvalue weighted by molar-refractivity contribution is 5.33. The molecule has 0 aliphatic carbocycles. The van der Waals surface area contributed by atoms with Gasteiger partial charge >= 0.3 is 0 Å². The number of β-amino-alcohol motifs (C(OH)–C–C–N with tert-alkyl or cyclic N) is 1. The van der Waals surface area contributed by atoms with Crippen molar-refractivity contribution in [3.05, 3.63) is 59.5 Å². The minimum atomic E-state index is -0.489. The minimum absolute atomic E-state index is 0.363. The third kappa shape index (κ3) is 3.81. The van der Waals surface area contributed by atoms with Crippen LogP contribution >= 0.6 is 0 Å². The molecule has 0 radical (unpaired) electrons. The van der Waals surface area contributed by atoms with E-state index < -0.39 is 6.10 Å². The monoisotopic (exact) mass is 301 g/mol. The van der Waals surface area contributed by atoms with Crippen LogP contribution in [0.3, 0.4) is 0 Å². The van der Waals surface area contributed by atoms with Crippen LogP contribution in [0.15, 0.2) is 42.6 Å². The summed E-state index contributed by atoms with van der Waals surface area (Å²) in [4.78, 5) is 6.17. The molecule has 22 heavy (non-hydrogen) atoms. The van der Waals surface area contributed by atoms with Gasteiger partial charge in [0.05, 0.1) is 12.3 Å². The van der Waals surface area contributed by atoms with E-state index in [4.69, 9.17) is 0 Å². The van der Waals surface area contributed by atoms with Crippen molar-refractivity contribution in [3.8, 4) is 0 Å². The van der Waals surface area contributed by atoms with Gasteiger partial charge in [-0.15, -0.1) is 0 Å². The quantitative estimate of drug-likeness (QED) is 0.887. The SMILES string of the molecule is O[C@H](CNc1ccc(F)cn1)CN1CCc2ccccc2C1. The van der Waals surface area contributed by atoms with Crippen molar-refractivity contribution in [3.63, 3.8) is 0 Å². The molecule has 5 heteroatoms. The molecule has 2 heterocycles. The first-order valence-electron chi connectivity index (χ1n) is 7.53. The van der Waals surface area contributed by atoms with E-state index in [1.54, 1.807) is 6.07 Å². The Bertz CT molecular complexity index is 618. The van der Waals surface area contributed by atoms with Crippen molar-refractivity contribution in [2.24, 2.45) is 0 Å². The second kappa shape index (κ2) is 6.85. The Hall–Kier alpha value is -1.98. The van der Waals surface area contributed by atoms with Crippen LogP contribution in [0.4, 0.5) is 10.2 Å². The average molecular weight is 301 g/mol. The van der Waals surface area contributed by atoms with Gasteiger partial charge < -0.3 is 10.4 Å². The molecule has 1 aromatic heterocycles. The number of rotatable bonds is 5. The number of benzene rings is 1. The molecule has 0 saturated heterocycles. The number of nitrogens with one attached hydrogen (secondary N) is 1. The molecular formula is C17H20FN3O. The van der Waals surface area contributed by atoms with Gasteiger partial charge in [-0.25, -0.2) is 9.37 Å². The average Bonchev–Trinajstić information content (AvgIpc) is 2.54. The molecular weight excluding hydrogens is 281 g/mol. The highest BCUT2D eigenvalue weighted by Gasteiger charge is 2.18. The molecule has 2 aromatic rings. The zero-order valence-electron chi connectivity index (χ0n) is 12.4. The number of hydrogen-bond donors (Lipinski definition) is 2. The summed E-state index contributed by atoms with van der Waals surface area (Å²) in [7, 11) is 0. The predicted octanol–water partition coefficient (Wildman–Crippen LogP) is 2.05. The van der Waals surface area contributed by atoms with Gasteiger partial charge in [-0.1, -0.05) is 24.3 Å². The lowest BCUT2D eigenvalue weighted by Crippen LogP contribution is -2.39. The summed E-state index contributed by atoms with van der Waals surface area (Å²) in [6, 6.07) is 11.4. The standard InChI is InChI=1S/C17H20FN3O/c18-15-5-6-17(19-9-15)20-10-16(22)12-21-8-7-13-3-1-2-4-14(13)11-21/h1-6,9,16,22H,7-8,10-12H2,(H,19,20)/t16-/m1/s1. The van der Waals surface area contributed by atoms with Crippen molar-refractivity contribution in [1.82, 2.24) is 9.88 Å². The van der Waals surface area contributed by atoms with Crippen LogP contribution in [0.2, 0.25) is 0 Å². The van der Waals surface area contributed by atoms with E-state index in [1.165, 1.54) is 17.2 Å². The van der Waals surface area contributed by atoms with E-state index in [2.05, 4.69) is 39.5 Å². The third-order valence-electron chi connectivity index (χ3n) is 3.92. The second-order valence-electron chi connectivity index (χ2n) is 5.65. The van der Waals surface area contributed by atoms with Gasteiger partial charge in [0.2, 0.25) is 0 Å². The Morgan fingerprint density at radius 3 is 2.82 bits per heavy atom. The molecule has 4 nitrogen and oxygen atoms in total. The zero-order chi connectivity index (χ0) is 15.4. The molecule has 1 aliphatic heterocycles. The van der Waals surface area contributed by atoms with E-state index in [1.807, 2.05) is 0 Å². The van der Waals surface area contributed by atoms with E-state index in [9.17, 15) is 9.50 Å². The van der Waals surface area contributed by atoms with Gasteiger partial charge in [0, 0.05) is 26.2 Å². The van der Waals surface area contributed by atoms with Crippen molar-refractivity contribution >= 4 is 5.82 Å². The highest BCUT2D eigenvalue weighted by Crippen LogP contribution is 2.18. The zero-order valence-corrected chi connectivity index (χ0v) is 12.4. The molecule has 3 rings (SSSR count). The lowest BCUT2D eigenvalue weighted by atomic mass is 10.00. The van der Waals surface area contributed by atoms with Crippen molar-refractivity contribution in [2.45, 2.75) is 19.1 Å². The molecule has 0 amide bonds. The number of aromatic nitrogens is 1. The lowest BCUT2D eigenvalue weighted by Gasteiger charge is -2.30. The summed E-state index contributed by atoms with van der Waals surface area (Å²) in [5.74, 6) is 0.211. The number of aliphatic hydroxyl groups is 1. The van der Waals surface area contributed by atoms with Crippen LogP contribution in [0.5, 0.6) is 0 Å². The van der Waals surface area contributed by atoms with Crippen molar-refractivity contribution in [1.29, 1.82) is 0 Å². The first kappa shape index (κ1) is 14.9. The molecule has 0 spiro atoms. The van der Waals surface area contributed by atoms with Crippen LogP contribution in [0.1, 0.15) is 11.1 Å². The number of nitrogens with zero attached hydrogens (tertiary/aromatic N) is 2. The van der Waals surface area contributed by atoms with Gasteiger partial charge in [0.15, 0.2) is 0 Å². The number of halogens is 1. The Morgan fingerprint density at radius 2 is 2.05 bits per heavy atom. The predicted molar refractivity (Wildman–Crippen MR) is 84.1 cm³/mol. The van der Waals surface area contributed by atoms with Crippen LogP contribution in [0.25, 0.3) is 0 Å². The molecule has 2 N–H and O–H groups in total. The maximum absolute atomic E-state index is 12.8. The van der Waals surface area contributed by atoms with Gasteiger partial charge in [-0.3, -0.25) is 4.90 Å². The topological polar surface area (TPSA) is 48.4 Å². The molecule has 0 bridgehead atoms. The van der Waals surface area contributed by atoms with Crippen LogP contribution < -0.4 is 5.32 Å². The fraction of sp³-hybridized carbons (Fsp3) is 0.353. The molecule has 0 saturated carbocycles. The number of fused-ring (bicyclic) bond motifs is 1. The largest absolute Gasteiger partial charge is 0.390 e. The third-order valence-corrected chi connectivity index (χ3v) is 3.92. The van der Waals surface area contributed by atoms with Crippen LogP contribution in [-0.2, 0) is 13.0 Å². The maximum atomic E-state index is 12.8. The van der Waals surface area contributed by atoms with Gasteiger partial charge in [-0.2, -0.15) is 0 Å². The molecule has 1 atom stereocenters. The normalized spacial score (nSPS) is 16.1. The molecule has 0 unspecified atom stereocenters. The van der Waals surface area contributed by atoms with Crippen LogP contribution in [-0.4, -0.2) is 40.7 Å². The summed E-state index contributed by atoms with van der Waals surface area (Å²) >= 11 is 0. The Kier molecular flexibility index (Phi) is 4.65. The second-order valence-corrected chi connectivity index (χ2v) is 5.65. The summed E-state index contributed by atoms with van der Waals surface area (Å²) < 4.78 is 12.8. The first-order valence-corrected chi connectivity index (χ1v) is 7.53. The molecule has 1 aromatic carbocycles. The summed E-state index contributed by atoms with van der Waals surface area (Å²) in [6.07, 6.45) is 1.70. The Labute approximate surface area is 129 Å². The van der Waals surface area contributed by atoms with E-state index in [0.717, 1.165) is 25.7 Å². The van der Waals surface area contributed by atoms with E-state index >= 15 is 0 Å². The summed E-state index contributed by atoms with van der Waals surface area (Å²) in [5, 5.41) is 13.2. The van der Waals surface area contributed by atoms with Crippen molar-refractivity contribution < 1.29 is 9.50 Å². The van der Waals surface area contributed by atoms with Crippen LogP contribution in [0, 0.1) is 5.82 Å². The highest BCUT2D eigenvalue weighted by atomic mass is 19.1. The molecule has 116 valence electrons. The Balaban J connectivity index is 1.48. The van der Waals surface area contributed by atoms with Gasteiger partial charge in [0.1, 0.15) is 11.6 Å². The molecule has 1 aliphatic rings. The van der Waals surface area contributed by atoms with Gasteiger partial charge in [0.25, 0.3) is 0 Å². The first-order chi connectivity index (χ1) is 10.7. The van der Waals surface area contributed by atoms with Crippen molar-refractivity contribution in [2.75, 3.05) is 25.0 Å². The smallest absolute Gasteiger partial charge is 0.141 e. The lowest BCUT2D eigenvalue weighted by molar-refractivity contribution is 0.114. The number of hydrogen-bond acceptors (Lipinski definition) is 4. The number of anilines is 1. The fourth-order valence-corrected chi connectivity index (χ4v) is 2.78.